The first-order valence-electron chi connectivity index (χ1n) is 3.68. The van der Waals surface area contributed by atoms with Crippen molar-refractivity contribution < 1.29 is 28.5 Å². The molecule has 6 nitrogen and oxygen atoms in total. The Labute approximate surface area is 74.7 Å². The fraction of sp³-hybridized carbons (Fsp3) is 0.714. The lowest BCUT2D eigenvalue weighted by atomic mass is 10.4. The van der Waals surface area contributed by atoms with Crippen LogP contribution in [0.2, 0.25) is 0 Å². The highest BCUT2D eigenvalue weighted by Gasteiger charge is 2.23. The molecule has 0 bridgehead atoms. The fourth-order valence-corrected chi connectivity index (χ4v) is 0.817. The maximum absolute atomic E-state index is 10.8. The van der Waals surface area contributed by atoms with Crippen molar-refractivity contribution in [2.45, 2.75) is 6.10 Å². The minimum atomic E-state index is -1.03. The summed E-state index contributed by atoms with van der Waals surface area (Å²) in [5, 5.41) is 0. The Morgan fingerprint density at radius 2 is 1.85 bits per heavy atom. The van der Waals surface area contributed by atoms with Gasteiger partial charge in [-0.2, -0.15) is 0 Å². The lowest BCUT2D eigenvalue weighted by Gasteiger charge is -2.21. The van der Waals surface area contributed by atoms with Crippen molar-refractivity contribution >= 4 is 11.9 Å². The van der Waals surface area contributed by atoms with E-state index in [0.29, 0.717) is 0 Å². The second-order valence-electron chi connectivity index (χ2n) is 2.38. The molecule has 1 aliphatic heterocycles. The summed E-state index contributed by atoms with van der Waals surface area (Å²) in [6.45, 7) is 0.664. The molecule has 6 heteroatoms. The van der Waals surface area contributed by atoms with E-state index in [9.17, 15) is 9.59 Å². The van der Waals surface area contributed by atoms with Gasteiger partial charge in [-0.05, 0) is 0 Å². The number of carbonyl (C=O) groups is 2. The summed E-state index contributed by atoms with van der Waals surface area (Å²) in [6, 6.07) is 0. The third-order valence-electron chi connectivity index (χ3n) is 1.40. The van der Waals surface area contributed by atoms with Crippen molar-refractivity contribution in [2.75, 3.05) is 27.1 Å². The third kappa shape index (κ3) is 3.00. The van der Waals surface area contributed by atoms with Gasteiger partial charge in [-0.25, -0.2) is 9.59 Å². The van der Waals surface area contributed by atoms with Crippen molar-refractivity contribution in [3.05, 3.63) is 0 Å². The summed E-state index contributed by atoms with van der Waals surface area (Å²) in [5.41, 5.74) is 0. The van der Waals surface area contributed by atoms with E-state index in [-0.39, 0.29) is 20.0 Å². The average Bonchev–Trinajstić information content (AvgIpc) is 2.18. The Bertz CT molecular complexity index is 195. The topological polar surface area (TPSA) is 71.1 Å². The molecule has 1 saturated heterocycles. The quantitative estimate of drug-likeness (QED) is 0.393. The van der Waals surface area contributed by atoms with Crippen LogP contribution in [0.5, 0.6) is 0 Å². The first-order valence-corrected chi connectivity index (χ1v) is 3.68. The molecular weight excluding hydrogens is 180 g/mol. The third-order valence-corrected chi connectivity index (χ3v) is 1.40. The van der Waals surface area contributed by atoms with E-state index in [4.69, 9.17) is 9.47 Å². The largest absolute Gasteiger partial charge is 0.461 e. The smallest absolute Gasteiger partial charge is 0.417 e. The van der Waals surface area contributed by atoms with Crippen LogP contribution < -0.4 is 0 Å². The first kappa shape index (κ1) is 9.94. The summed E-state index contributed by atoms with van der Waals surface area (Å²) in [4.78, 5) is 21.4. The van der Waals surface area contributed by atoms with Gasteiger partial charge in [-0.3, -0.25) is 0 Å². The van der Waals surface area contributed by atoms with Crippen LogP contribution in [0.15, 0.2) is 0 Å². The summed E-state index contributed by atoms with van der Waals surface area (Å²) in [7, 11) is 1.11. The van der Waals surface area contributed by atoms with Crippen LogP contribution in [-0.4, -0.2) is 45.2 Å². The number of ether oxygens (including phenoxy) is 4. The normalized spacial score (nSPS) is 17.9. The second kappa shape index (κ2) is 4.78. The zero-order chi connectivity index (χ0) is 9.68. The second-order valence-corrected chi connectivity index (χ2v) is 2.38. The first-order chi connectivity index (χ1) is 6.24. The van der Waals surface area contributed by atoms with Crippen molar-refractivity contribution in [2.24, 2.45) is 0 Å². The minimum absolute atomic E-state index is 0.187. The standard InChI is InChI=1S/C7H10O6/c1-10-6(8)7(9)13-5-2-11-4-12-3-5/h5H,2-4H2,1H3. The number of hydrogen-bond acceptors (Lipinski definition) is 6. The van der Waals surface area contributed by atoms with Crippen molar-refractivity contribution in [1.82, 2.24) is 0 Å². The van der Waals surface area contributed by atoms with E-state index in [1.807, 2.05) is 0 Å². The Hall–Kier alpha value is -1.14. The molecule has 0 aromatic carbocycles. The van der Waals surface area contributed by atoms with Gasteiger partial charge in [-0.1, -0.05) is 0 Å². The number of methoxy groups -OCH3 is 1. The van der Waals surface area contributed by atoms with Crippen LogP contribution in [0.4, 0.5) is 0 Å². The highest BCUT2D eigenvalue weighted by atomic mass is 16.7. The molecule has 0 aliphatic carbocycles. The molecule has 1 rings (SSSR count). The molecule has 1 aliphatic rings. The number of hydrogen-bond donors (Lipinski definition) is 0. The predicted octanol–water partition coefficient (Wildman–Crippen LogP) is -0.925. The number of carbonyl (C=O) groups excluding carboxylic acids is 2. The van der Waals surface area contributed by atoms with Gasteiger partial charge in [0.25, 0.3) is 0 Å². The van der Waals surface area contributed by atoms with Crippen LogP contribution in [0, 0.1) is 0 Å². The van der Waals surface area contributed by atoms with Gasteiger partial charge in [0.2, 0.25) is 0 Å². The zero-order valence-corrected chi connectivity index (χ0v) is 7.15. The summed E-state index contributed by atoms with van der Waals surface area (Å²) in [5.74, 6) is -2.05. The summed E-state index contributed by atoms with van der Waals surface area (Å²) >= 11 is 0. The highest BCUT2D eigenvalue weighted by molar-refractivity contribution is 6.29. The molecule has 0 radical (unpaired) electrons. The Kier molecular flexibility index (Phi) is 3.66. The van der Waals surface area contributed by atoms with Crippen molar-refractivity contribution in [3.8, 4) is 0 Å². The molecule has 74 valence electrons. The molecule has 0 N–H and O–H groups in total. The summed E-state index contributed by atoms with van der Waals surface area (Å²) in [6.07, 6.45) is -0.527. The minimum Gasteiger partial charge on any atom is -0.461 e. The highest BCUT2D eigenvalue weighted by Crippen LogP contribution is 2.02. The SMILES string of the molecule is COC(=O)C(=O)OC1COCOC1. The molecule has 0 aromatic heterocycles. The van der Waals surface area contributed by atoms with Gasteiger partial charge < -0.3 is 18.9 Å². The lowest BCUT2D eigenvalue weighted by molar-refractivity contribution is -0.190. The Balaban J connectivity index is 2.30. The maximum Gasteiger partial charge on any atom is 0.417 e. The van der Waals surface area contributed by atoms with E-state index in [1.165, 1.54) is 0 Å². The van der Waals surface area contributed by atoms with Gasteiger partial charge in [-0.15, -0.1) is 0 Å². The van der Waals surface area contributed by atoms with E-state index in [2.05, 4.69) is 9.47 Å². The molecule has 0 atom stereocenters. The van der Waals surface area contributed by atoms with Crippen LogP contribution in [0.1, 0.15) is 0 Å². The molecular formula is C7H10O6. The van der Waals surface area contributed by atoms with E-state index >= 15 is 0 Å². The van der Waals surface area contributed by atoms with Gasteiger partial charge in [0, 0.05) is 0 Å². The molecule has 0 spiro atoms. The fourth-order valence-electron chi connectivity index (χ4n) is 0.817. The van der Waals surface area contributed by atoms with Gasteiger partial charge in [0.05, 0.1) is 20.3 Å². The van der Waals surface area contributed by atoms with Crippen molar-refractivity contribution in [1.29, 1.82) is 0 Å². The molecule has 0 saturated carbocycles. The van der Waals surface area contributed by atoms with Crippen LogP contribution in [-0.2, 0) is 28.5 Å². The van der Waals surface area contributed by atoms with Crippen LogP contribution in [0.25, 0.3) is 0 Å². The molecule has 0 unspecified atom stereocenters. The molecule has 0 amide bonds. The van der Waals surface area contributed by atoms with E-state index < -0.39 is 18.0 Å². The van der Waals surface area contributed by atoms with Crippen molar-refractivity contribution in [3.63, 3.8) is 0 Å². The molecule has 1 fully saturated rings. The maximum atomic E-state index is 10.8. The number of esters is 2. The monoisotopic (exact) mass is 190 g/mol. The van der Waals surface area contributed by atoms with E-state index in [1.54, 1.807) is 0 Å². The van der Waals surface area contributed by atoms with Crippen LogP contribution in [0.3, 0.4) is 0 Å². The average molecular weight is 190 g/mol. The lowest BCUT2D eigenvalue weighted by Crippen LogP contribution is -2.35. The number of rotatable bonds is 1. The Morgan fingerprint density at radius 1 is 1.23 bits per heavy atom. The van der Waals surface area contributed by atoms with Crippen LogP contribution >= 0.6 is 0 Å². The molecule has 1 heterocycles. The molecule has 13 heavy (non-hydrogen) atoms. The zero-order valence-electron chi connectivity index (χ0n) is 7.15. The summed E-state index contributed by atoms with van der Waals surface area (Å²) < 4.78 is 18.5. The van der Waals surface area contributed by atoms with E-state index in [0.717, 1.165) is 7.11 Å². The van der Waals surface area contributed by atoms with Gasteiger partial charge >= 0.3 is 11.9 Å². The molecule has 0 aromatic rings. The predicted molar refractivity (Wildman–Crippen MR) is 38.7 cm³/mol. The van der Waals surface area contributed by atoms with Gasteiger partial charge in [0.1, 0.15) is 12.9 Å². The Morgan fingerprint density at radius 3 is 2.38 bits per heavy atom. The van der Waals surface area contributed by atoms with Gasteiger partial charge in [0.15, 0.2) is 0 Å².